The van der Waals surface area contributed by atoms with Crippen molar-refractivity contribution in [1.29, 1.82) is 0 Å². The second-order valence-electron chi connectivity index (χ2n) is 4.97. The molecule has 0 bridgehead atoms. The van der Waals surface area contributed by atoms with Crippen molar-refractivity contribution in [2.24, 2.45) is 0 Å². The largest absolute Gasteiger partial charge is 0.488 e. The zero-order chi connectivity index (χ0) is 14.4. The maximum absolute atomic E-state index is 5.97. The standard InChI is InChI=1S/C16H22N2OS/c1-4-7-18-13(3)15-8-12(2)5-6-16(15)19-10-14-9-17-11-20-14/h5-6,8-9,11,13,18H,4,7,10H2,1-3H3. The number of thiazole rings is 1. The quantitative estimate of drug-likeness (QED) is 0.834. The van der Waals surface area contributed by atoms with Crippen molar-refractivity contribution in [3.05, 3.63) is 45.9 Å². The van der Waals surface area contributed by atoms with E-state index in [2.05, 4.69) is 49.3 Å². The van der Waals surface area contributed by atoms with Gasteiger partial charge in [-0.25, -0.2) is 0 Å². The number of hydrogen-bond acceptors (Lipinski definition) is 4. The van der Waals surface area contributed by atoms with Gasteiger partial charge in [-0.3, -0.25) is 4.98 Å². The van der Waals surface area contributed by atoms with Crippen LogP contribution in [-0.4, -0.2) is 11.5 Å². The lowest BCUT2D eigenvalue weighted by Crippen LogP contribution is -2.20. The van der Waals surface area contributed by atoms with Gasteiger partial charge < -0.3 is 10.1 Å². The van der Waals surface area contributed by atoms with Crippen LogP contribution < -0.4 is 10.1 Å². The molecule has 4 heteroatoms. The van der Waals surface area contributed by atoms with Crippen LogP contribution in [-0.2, 0) is 6.61 Å². The molecule has 108 valence electrons. The first-order valence-electron chi connectivity index (χ1n) is 7.04. The minimum absolute atomic E-state index is 0.298. The van der Waals surface area contributed by atoms with Gasteiger partial charge in [0.05, 0.1) is 10.4 Å². The van der Waals surface area contributed by atoms with E-state index in [0.29, 0.717) is 12.6 Å². The van der Waals surface area contributed by atoms with Crippen molar-refractivity contribution in [1.82, 2.24) is 10.3 Å². The van der Waals surface area contributed by atoms with Gasteiger partial charge >= 0.3 is 0 Å². The fourth-order valence-electron chi connectivity index (χ4n) is 2.07. The summed E-state index contributed by atoms with van der Waals surface area (Å²) >= 11 is 1.62. The monoisotopic (exact) mass is 290 g/mol. The van der Waals surface area contributed by atoms with E-state index in [0.717, 1.165) is 23.6 Å². The molecule has 0 radical (unpaired) electrons. The molecule has 0 aliphatic carbocycles. The molecular weight excluding hydrogens is 268 g/mol. The summed E-state index contributed by atoms with van der Waals surface area (Å²) in [4.78, 5) is 5.22. The van der Waals surface area contributed by atoms with Crippen LogP contribution in [0, 0.1) is 6.92 Å². The average molecular weight is 290 g/mol. The van der Waals surface area contributed by atoms with Gasteiger partial charge in [0, 0.05) is 17.8 Å². The number of ether oxygens (including phenoxy) is 1. The van der Waals surface area contributed by atoms with Crippen molar-refractivity contribution < 1.29 is 4.74 Å². The minimum atomic E-state index is 0.298. The van der Waals surface area contributed by atoms with Crippen LogP contribution in [0.3, 0.4) is 0 Å². The normalized spacial score (nSPS) is 12.3. The van der Waals surface area contributed by atoms with Gasteiger partial charge in [-0.05, 0) is 32.9 Å². The van der Waals surface area contributed by atoms with Gasteiger partial charge in [0.15, 0.2) is 0 Å². The molecule has 0 fully saturated rings. The molecule has 2 aromatic rings. The SMILES string of the molecule is CCCNC(C)c1cc(C)ccc1OCc1cncs1. The number of aryl methyl sites for hydroxylation is 1. The lowest BCUT2D eigenvalue weighted by atomic mass is 10.0. The lowest BCUT2D eigenvalue weighted by Gasteiger charge is -2.18. The van der Waals surface area contributed by atoms with Crippen molar-refractivity contribution in [3.63, 3.8) is 0 Å². The van der Waals surface area contributed by atoms with E-state index >= 15 is 0 Å². The van der Waals surface area contributed by atoms with E-state index in [-0.39, 0.29) is 0 Å². The number of hydrogen-bond donors (Lipinski definition) is 1. The Morgan fingerprint density at radius 1 is 1.40 bits per heavy atom. The minimum Gasteiger partial charge on any atom is -0.488 e. The molecule has 0 saturated heterocycles. The Balaban J connectivity index is 2.10. The summed E-state index contributed by atoms with van der Waals surface area (Å²) in [7, 11) is 0. The first kappa shape index (κ1) is 15.0. The Morgan fingerprint density at radius 3 is 2.95 bits per heavy atom. The Morgan fingerprint density at radius 2 is 2.25 bits per heavy atom. The molecule has 1 unspecified atom stereocenters. The maximum atomic E-state index is 5.97. The third kappa shape index (κ3) is 4.05. The highest BCUT2D eigenvalue weighted by Gasteiger charge is 2.12. The van der Waals surface area contributed by atoms with Crippen LogP contribution in [0.15, 0.2) is 29.9 Å². The van der Waals surface area contributed by atoms with E-state index in [9.17, 15) is 0 Å². The highest BCUT2D eigenvalue weighted by Crippen LogP contribution is 2.27. The average Bonchev–Trinajstić information content (AvgIpc) is 2.96. The van der Waals surface area contributed by atoms with Gasteiger partial charge in [-0.2, -0.15) is 0 Å². The first-order valence-corrected chi connectivity index (χ1v) is 7.92. The van der Waals surface area contributed by atoms with Gasteiger partial charge in [0.2, 0.25) is 0 Å². The third-order valence-electron chi connectivity index (χ3n) is 3.19. The molecule has 1 N–H and O–H groups in total. The molecule has 0 saturated carbocycles. The zero-order valence-corrected chi connectivity index (χ0v) is 13.2. The second kappa shape index (κ2) is 7.41. The molecule has 1 aromatic carbocycles. The van der Waals surface area contributed by atoms with Crippen LogP contribution in [0.4, 0.5) is 0 Å². The predicted molar refractivity (Wildman–Crippen MR) is 84.3 cm³/mol. The summed E-state index contributed by atoms with van der Waals surface area (Å²) in [5, 5.41) is 3.52. The van der Waals surface area contributed by atoms with Crippen molar-refractivity contribution in [3.8, 4) is 5.75 Å². The van der Waals surface area contributed by atoms with Gasteiger partial charge in [-0.1, -0.05) is 24.6 Å². The molecule has 0 amide bonds. The summed E-state index contributed by atoms with van der Waals surface area (Å²) in [5.41, 5.74) is 4.32. The van der Waals surface area contributed by atoms with Gasteiger partial charge in [0.25, 0.3) is 0 Å². The number of nitrogens with zero attached hydrogens (tertiary/aromatic N) is 1. The molecule has 2 rings (SSSR count). The van der Waals surface area contributed by atoms with Gasteiger partial charge in [0.1, 0.15) is 12.4 Å². The summed E-state index contributed by atoms with van der Waals surface area (Å²) in [5.74, 6) is 0.958. The predicted octanol–water partition coefficient (Wildman–Crippen LogP) is 4.09. The molecule has 0 aliphatic heterocycles. The molecule has 1 atom stereocenters. The fraction of sp³-hybridized carbons (Fsp3) is 0.438. The van der Waals surface area contributed by atoms with Gasteiger partial charge in [-0.15, -0.1) is 11.3 Å². The highest BCUT2D eigenvalue weighted by molar-refractivity contribution is 7.09. The Kier molecular flexibility index (Phi) is 5.56. The lowest BCUT2D eigenvalue weighted by molar-refractivity contribution is 0.303. The Labute approximate surface area is 125 Å². The fourth-order valence-corrected chi connectivity index (χ4v) is 2.58. The molecule has 3 nitrogen and oxygen atoms in total. The number of nitrogens with one attached hydrogen (secondary N) is 1. The number of benzene rings is 1. The Hall–Kier alpha value is -1.39. The summed E-state index contributed by atoms with van der Waals surface area (Å²) in [6.07, 6.45) is 2.99. The second-order valence-corrected chi connectivity index (χ2v) is 5.94. The molecule has 20 heavy (non-hydrogen) atoms. The van der Waals surface area contributed by atoms with Crippen molar-refractivity contribution >= 4 is 11.3 Å². The van der Waals surface area contributed by atoms with Crippen molar-refractivity contribution in [2.75, 3.05) is 6.54 Å². The first-order chi connectivity index (χ1) is 9.70. The van der Waals surface area contributed by atoms with E-state index in [1.165, 1.54) is 11.1 Å². The van der Waals surface area contributed by atoms with E-state index < -0.39 is 0 Å². The molecular formula is C16H22N2OS. The summed E-state index contributed by atoms with van der Waals surface area (Å²) in [6.45, 7) is 8.08. The third-order valence-corrected chi connectivity index (χ3v) is 3.94. The molecule has 1 aromatic heterocycles. The maximum Gasteiger partial charge on any atom is 0.124 e. The van der Waals surface area contributed by atoms with Crippen LogP contribution in [0.5, 0.6) is 5.75 Å². The zero-order valence-electron chi connectivity index (χ0n) is 12.3. The smallest absolute Gasteiger partial charge is 0.124 e. The van der Waals surface area contributed by atoms with E-state index in [1.54, 1.807) is 11.3 Å². The molecule has 1 heterocycles. The van der Waals surface area contributed by atoms with E-state index in [1.807, 2.05) is 11.7 Å². The number of rotatable bonds is 7. The van der Waals surface area contributed by atoms with Crippen molar-refractivity contribution in [2.45, 2.75) is 39.8 Å². The van der Waals surface area contributed by atoms with Crippen LogP contribution in [0.2, 0.25) is 0 Å². The number of aromatic nitrogens is 1. The summed E-state index contributed by atoms with van der Waals surface area (Å²) < 4.78 is 5.97. The summed E-state index contributed by atoms with van der Waals surface area (Å²) in [6, 6.07) is 6.66. The van der Waals surface area contributed by atoms with E-state index in [4.69, 9.17) is 4.74 Å². The van der Waals surface area contributed by atoms with Crippen LogP contribution >= 0.6 is 11.3 Å². The topological polar surface area (TPSA) is 34.1 Å². The molecule has 0 aliphatic rings. The van der Waals surface area contributed by atoms with Crippen LogP contribution in [0.25, 0.3) is 0 Å². The molecule has 0 spiro atoms. The Bertz CT molecular complexity index is 525. The highest BCUT2D eigenvalue weighted by atomic mass is 32.1. The van der Waals surface area contributed by atoms with Crippen LogP contribution in [0.1, 0.15) is 42.3 Å².